The van der Waals surface area contributed by atoms with E-state index in [1.165, 1.54) is 0 Å². The lowest BCUT2D eigenvalue weighted by molar-refractivity contribution is -0.135. The van der Waals surface area contributed by atoms with Gasteiger partial charge in [0.25, 0.3) is 0 Å². The third-order valence-electron chi connectivity index (χ3n) is 3.07. The molecular weight excluding hydrogens is 192 g/mol. The lowest BCUT2D eigenvalue weighted by Crippen LogP contribution is -2.49. The van der Waals surface area contributed by atoms with Gasteiger partial charge in [0, 0.05) is 20.2 Å². The number of rotatable bonds is 4. The van der Waals surface area contributed by atoms with Crippen LogP contribution < -0.4 is 5.32 Å². The molecule has 88 valence electrons. The van der Waals surface area contributed by atoms with Gasteiger partial charge in [-0.15, -0.1) is 0 Å². The smallest absolute Gasteiger partial charge is 0.236 e. The van der Waals surface area contributed by atoms with Crippen LogP contribution in [0.4, 0.5) is 0 Å². The lowest BCUT2D eigenvalue weighted by atomic mass is 9.96. The van der Waals surface area contributed by atoms with Crippen LogP contribution in [0.1, 0.15) is 20.3 Å². The zero-order valence-corrected chi connectivity index (χ0v) is 9.95. The molecule has 0 aromatic rings. The van der Waals surface area contributed by atoms with Crippen LogP contribution in [-0.4, -0.2) is 50.2 Å². The zero-order chi connectivity index (χ0) is 11.3. The Kier molecular flexibility index (Phi) is 5.05. The van der Waals surface area contributed by atoms with Gasteiger partial charge in [-0.1, -0.05) is 13.8 Å². The summed E-state index contributed by atoms with van der Waals surface area (Å²) in [4.78, 5) is 13.6. The molecule has 1 rings (SSSR count). The van der Waals surface area contributed by atoms with Crippen LogP contribution in [0.15, 0.2) is 0 Å². The van der Waals surface area contributed by atoms with Gasteiger partial charge in [-0.05, 0) is 18.9 Å². The fourth-order valence-electron chi connectivity index (χ4n) is 1.91. The summed E-state index contributed by atoms with van der Waals surface area (Å²) in [6.45, 7) is 7.07. The molecule has 0 bridgehead atoms. The van der Waals surface area contributed by atoms with Crippen LogP contribution >= 0.6 is 0 Å². The molecular formula is C11H22N2O2. The first-order chi connectivity index (χ1) is 7.19. The molecule has 1 saturated heterocycles. The van der Waals surface area contributed by atoms with Crippen molar-refractivity contribution < 1.29 is 9.53 Å². The number of hydrogen-bond donors (Lipinski definition) is 1. The van der Waals surface area contributed by atoms with Gasteiger partial charge in [0.15, 0.2) is 0 Å². The molecule has 0 saturated carbocycles. The third kappa shape index (κ3) is 3.47. The minimum atomic E-state index is 0.186. The molecule has 1 fully saturated rings. The number of hydrogen-bond acceptors (Lipinski definition) is 3. The number of nitrogens with zero attached hydrogens (tertiary/aromatic N) is 1. The van der Waals surface area contributed by atoms with Crippen molar-refractivity contribution in [1.82, 2.24) is 10.2 Å². The second-order valence-corrected chi connectivity index (χ2v) is 4.16. The molecule has 0 spiro atoms. The van der Waals surface area contributed by atoms with Gasteiger partial charge in [-0.3, -0.25) is 4.79 Å². The van der Waals surface area contributed by atoms with E-state index in [9.17, 15) is 4.79 Å². The maximum absolute atomic E-state index is 11.7. The normalized spacial score (nSPS) is 26.7. The Hall–Kier alpha value is -0.610. The molecule has 1 amide bonds. The standard InChI is InChI=1S/C11H22N2O2/c1-4-12-7-11(14)13-6-5-9(2)10(8-13)15-3/h9-10,12H,4-8H2,1-3H3. The number of carbonyl (C=O) groups excluding carboxylic acids is 1. The molecule has 0 radical (unpaired) electrons. The van der Waals surface area contributed by atoms with Crippen molar-refractivity contribution >= 4 is 5.91 Å². The number of amides is 1. The van der Waals surface area contributed by atoms with Crippen LogP contribution in [0, 0.1) is 5.92 Å². The van der Waals surface area contributed by atoms with Crippen LogP contribution in [0.25, 0.3) is 0 Å². The first kappa shape index (κ1) is 12.5. The predicted molar refractivity (Wildman–Crippen MR) is 59.7 cm³/mol. The van der Waals surface area contributed by atoms with E-state index in [0.29, 0.717) is 12.5 Å². The van der Waals surface area contributed by atoms with E-state index >= 15 is 0 Å². The number of nitrogens with one attached hydrogen (secondary N) is 1. The minimum absolute atomic E-state index is 0.186. The van der Waals surface area contributed by atoms with Gasteiger partial charge in [0.05, 0.1) is 12.6 Å². The quantitative estimate of drug-likeness (QED) is 0.740. The minimum Gasteiger partial charge on any atom is -0.379 e. The summed E-state index contributed by atoms with van der Waals surface area (Å²) in [7, 11) is 1.72. The Labute approximate surface area is 92.0 Å². The summed E-state index contributed by atoms with van der Waals surface area (Å²) in [5, 5.41) is 3.06. The third-order valence-corrected chi connectivity index (χ3v) is 3.07. The van der Waals surface area contributed by atoms with Crippen molar-refractivity contribution in [2.45, 2.75) is 26.4 Å². The van der Waals surface area contributed by atoms with Crippen molar-refractivity contribution in [3.8, 4) is 0 Å². The highest BCUT2D eigenvalue weighted by Crippen LogP contribution is 2.19. The van der Waals surface area contributed by atoms with Gasteiger partial charge in [0.1, 0.15) is 0 Å². The van der Waals surface area contributed by atoms with E-state index in [1.807, 2.05) is 11.8 Å². The summed E-state index contributed by atoms with van der Waals surface area (Å²) in [5.41, 5.74) is 0. The second kappa shape index (κ2) is 6.08. The summed E-state index contributed by atoms with van der Waals surface area (Å²) >= 11 is 0. The molecule has 1 aliphatic rings. The van der Waals surface area contributed by atoms with Crippen molar-refractivity contribution in [1.29, 1.82) is 0 Å². The van der Waals surface area contributed by atoms with Gasteiger partial charge < -0.3 is 15.0 Å². The van der Waals surface area contributed by atoms with E-state index in [-0.39, 0.29) is 12.0 Å². The lowest BCUT2D eigenvalue weighted by Gasteiger charge is -2.36. The number of methoxy groups -OCH3 is 1. The molecule has 4 nitrogen and oxygen atoms in total. The molecule has 1 aliphatic heterocycles. The first-order valence-electron chi connectivity index (χ1n) is 5.70. The highest BCUT2D eigenvalue weighted by molar-refractivity contribution is 5.78. The summed E-state index contributed by atoms with van der Waals surface area (Å²) in [5.74, 6) is 0.740. The highest BCUT2D eigenvalue weighted by Gasteiger charge is 2.28. The Balaban J connectivity index is 2.40. The molecule has 0 aromatic carbocycles. The number of ether oxygens (including phenoxy) is 1. The SMILES string of the molecule is CCNCC(=O)N1CCC(C)C(OC)C1. The molecule has 0 aliphatic carbocycles. The van der Waals surface area contributed by atoms with Crippen molar-refractivity contribution in [2.24, 2.45) is 5.92 Å². The first-order valence-corrected chi connectivity index (χ1v) is 5.70. The monoisotopic (exact) mass is 214 g/mol. The van der Waals surface area contributed by atoms with Crippen LogP contribution in [-0.2, 0) is 9.53 Å². The van der Waals surface area contributed by atoms with Crippen molar-refractivity contribution in [3.05, 3.63) is 0 Å². The largest absolute Gasteiger partial charge is 0.379 e. The van der Waals surface area contributed by atoms with E-state index in [4.69, 9.17) is 4.74 Å². The number of carbonyl (C=O) groups is 1. The number of likely N-dealkylation sites (tertiary alicyclic amines) is 1. The molecule has 15 heavy (non-hydrogen) atoms. The molecule has 2 atom stereocenters. The molecule has 1 N–H and O–H groups in total. The summed E-state index contributed by atoms with van der Waals surface area (Å²) < 4.78 is 5.37. The van der Waals surface area contributed by atoms with Crippen molar-refractivity contribution in [2.75, 3.05) is 33.3 Å². The Morgan fingerprint density at radius 1 is 1.60 bits per heavy atom. The second-order valence-electron chi connectivity index (χ2n) is 4.16. The average Bonchev–Trinajstić information content (AvgIpc) is 2.26. The fraction of sp³-hybridized carbons (Fsp3) is 0.909. The Bertz CT molecular complexity index is 209. The maximum Gasteiger partial charge on any atom is 0.236 e. The predicted octanol–water partition coefficient (Wildman–Crippen LogP) is 0.479. The summed E-state index contributed by atoms with van der Waals surface area (Å²) in [6, 6.07) is 0. The van der Waals surface area contributed by atoms with Gasteiger partial charge >= 0.3 is 0 Å². The van der Waals surface area contributed by atoms with Gasteiger partial charge in [-0.2, -0.15) is 0 Å². The number of likely N-dealkylation sites (N-methyl/N-ethyl adjacent to an activating group) is 1. The van der Waals surface area contributed by atoms with Gasteiger partial charge in [0.2, 0.25) is 5.91 Å². The van der Waals surface area contributed by atoms with E-state index in [2.05, 4.69) is 12.2 Å². The average molecular weight is 214 g/mol. The van der Waals surface area contributed by atoms with Gasteiger partial charge in [-0.25, -0.2) is 0 Å². The highest BCUT2D eigenvalue weighted by atomic mass is 16.5. The molecule has 2 unspecified atom stereocenters. The Morgan fingerprint density at radius 2 is 2.33 bits per heavy atom. The molecule has 4 heteroatoms. The fourth-order valence-corrected chi connectivity index (χ4v) is 1.91. The van der Waals surface area contributed by atoms with Crippen LogP contribution in [0.3, 0.4) is 0 Å². The van der Waals surface area contributed by atoms with Crippen molar-refractivity contribution in [3.63, 3.8) is 0 Å². The van der Waals surface area contributed by atoms with Crippen LogP contribution in [0.2, 0.25) is 0 Å². The van der Waals surface area contributed by atoms with E-state index in [0.717, 1.165) is 26.1 Å². The number of piperidine rings is 1. The maximum atomic E-state index is 11.7. The molecule has 0 aromatic heterocycles. The zero-order valence-electron chi connectivity index (χ0n) is 9.95. The Morgan fingerprint density at radius 3 is 2.93 bits per heavy atom. The topological polar surface area (TPSA) is 41.6 Å². The summed E-state index contributed by atoms with van der Waals surface area (Å²) in [6.07, 6.45) is 1.24. The molecule has 1 heterocycles. The van der Waals surface area contributed by atoms with Crippen LogP contribution in [0.5, 0.6) is 0 Å². The van der Waals surface area contributed by atoms with E-state index < -0.39 is 0 Å². The van der Waals surface area contributed by atoms with E-state index in [1.54, 1.807) is 7.11 Å².